The summed E-state index contributed by atoms with van der Waals surface area (Å²) in [7, 11) is 0. The zero-order valence-electron chi connectivity index (χ0n) is 12.1. The van der Waals surface area contributed by atoms with Crippen molar-refractivity contribution in [3.05, 3.63) is 18.0 Å². The smallest absolute Gasteiger partial charge is 0.305 e. The van der Waals surface area contributed by atoms with Gasteiger partial charge in [-0.15, -0.1) is 0 Å². The minimum atomic E-state index is -0.879. The van der Waals surface area contributed by atoms with Crippen LogP contribution in [0.5, 0.6) is 0 Å². The van der Waals surface area contributed by atoms with Crippen LogP contribution in [-0.2, 0) is 10.3 Å². The highest BCUT2D eigenvalue weighted by molar-refractivity contribution is 5.94. The molecule has 0 spiro atoms. The van der Waals surface area contributed by atoms with Crippen molar-refractivity contribution in [2.45, 2.75) is 57.5 Å². The number of aromatic nitrogens is 2. The van der Waals surface area contributed by atoms with Crippen molar-refractivity contribution < 1.29 is 14.7 Å². The maximum atomic E-state index is 12.2. The largest absolute Gasteiger partial charge is 0.481 e. The van der Waals surface area contributed by atoms with Crippen molar-refractivity contribution in [3.8, 4) is 0 Å². The molecule has 1 saturated carbocycles. The van der Waals surface area contributed by atoms with Gasteiger partial charge in [0, 0.05) is 6.20 Å². The van der Waals surface area contributed by atoms with E-state index in [0.717, 1.165) is 19.3 Å². The van der Waals surface area contributed by atoms with Gasteiger partial charge in [-0.05, 0) is 40.0 Å². The molecule has 0 atom stereocenters. The molecule has 110 valence electrons. The molecule has 20 heavy (non-hydrogen) atoms. The van der Waals surface area contributed by atoms with Crippen LogP contribution in [0.25, 0.3) is 0 Å². The molecule has 0 aromatic carbocycles. The minimum absolute atomic E-state index is 0.0217. The third-order valence-electron chi connectivity index (χ3n) is 3.71. The van der Waals surface area contributed by atoms with E-state index in [4.69, 9.17) is 5.11 Å². The van der Waals surface area contributed by atoms with Crippen LogP contribution < -0.4 is 5.32 Å². The number of nitrogens with zero attached hydrogens (tertiary/aromatic N) is 2. The number of rotatable bonds is 4. The zero-order chi connectivity index (χ0) is 15.0. The molecule has 6 heteroatoms. The Morgan fingerprint density at radius 3 is 2.50 bits per heavy atom. The van der Waals surface area contributed by atoms with E-state index < -0.39 is 11.5 Å². The van der Waals surface area contributed by atoms with Crippen LogP contribution in [0, 0.1) is 0 Å². The van der Waals surface area contributed by atoms with Crippen LogP contribution in [0.15, 0.2) is 12.4 Å². The first kappa shape index (κ1) is 14.6. The molecule has 0 aliphatic heterocycles. The number of hydrogen-bond donors (Lipinski definition) is 2. The Labute approximate surface area is 118 Å². The van der Waals surface area contributed by atoms with Crippen LogP contribution in [0.2, 0.25) is 0 Å². The van der Waals surface area contributed by atoms with Crippen LogP contribution >= 0.6 is 0 Å². The van der Waals surface area contributed by atoms with Gasteiger partial charge in [-0.2, -0.15) is 5.10 Å². The third-order valence-corrected chi connectivity index (χ3v) is 3.71. The van der Waals surface area contributed by atoms with Gasteiger partial charge in [-0.3, -0.25) is 14.3 Å². The van der Waals surface area contributed by atoms with Gasteiger partial charge in [0.25, 0.3) is 5.91 Å². The highest BCUT2D eigenvalue weighted by Gasteiger charge is 2.40. The zero-order valence-corrected chi connectivity index (χ0v) is 12.1. The molecule has 1 fully saturated rings. The summed E-state index contributed by atoms with van der Waals surface area (Å²) < 4.78 is 1.73. The first-order valence-electron chi connectivity index (χ1n) is 6.81. The van der Waals surface area contributed by atoms with Crippen LogP contribution in [0.4, 0.5) is 0 Å². The summed E-state index contributed by atoms with van der Waals surface area (Å²) >= 11 is 0. The van der Waals surface area contributed by atoms with Gasteiger partial charge in [0.15, 0.2) is 0 Å². The fourth-order valence-corrected chi connectivity index (χ4v) is 2.36. The summed E-state index contributed by atoms with van der Waals surface area (Å²) in [6.07, 6.45) is 5.59. The molecule has 1 aromatic heterocycles. The molecule has 1 aliphatic rings. The normalized spacial score (nSPS) is 17.4. The van der Waals surface area contributed by atoms with Crippen molar-refractivity contribution in [1.29, 1.82) is 0 Å². The lowest BCUT2D eigenvalue weighted by Crippen LogP contribution is -2.54. The SMILES string of the molecule is CC(C)(C)n1cc(C(=O)NC2(CC(=O)O)CCC2)cn1. The van der Waals surface area contributed by atoms with Crippen molar-refractivity contribution in [2.24, 2.45) is 0 Å². The second-order valence-corrected chi connectivity index (χ2v) is 6.50. The van der Waals surface area contributed by atoms with E-state index in [0.29, 0.717) is 5.56 Å². The molecule has 2 N–H and O–H groups in total. The molecule has 1 amide bonds. The Morgan fingerprint density at radius 1 is 1.45 bits per heavy atom. The molecular weight excluding hydrogens is 258 g/mol. The molecule has 2 rings (SSSR count). The molecule has 0 bridgehead atoms. The number of amides is 1. The Bertz CT molecular complexity index is 524. The molecule has 0 radical (unpaired) electrons. The van der Waals surface area contributed by atoms with Gasteiger partial charge < -0.3 is 10.4 Å². The lowest BCUT2D eigenvalue weighted by molar-refractivity contribution is -0.139. The van der Waals surface area contributed by atoms with E-state index in [-0.39, 0.29) is 17.9 Å². The number of carboxylic acids is 1. The van der Waals surface area contributed by atoms with E-state index in [1.165, 1.54) is 6.20 Å². The second kappa shape index (κ2) is 4.92. The number of carbonyl (C=O) groups excluding carboxylic acids is 1. The van der Waals surface area contributed by atoms with E-state index in [9.17, 15) is 9.59 Å². The lowest BCUT2D eigenvalue weighted by Gasteiger charge is -2.41. The molecular formula is C14H21N3O3. The summed E-state index contributed by atoms with van der Waals surface area (Å²) in [6.45, 7) is 6.00. The van der Waals surface area contributed by atoms with Crippen LogP contribution in [-0.4, -0.2) is 32.3 Å². The predicted octanol–water partition coefficient (Wildman–Crippen LogP) is 1.77. The third kappa shape index (κ3) is 3.00. The Balaban J connectivity index is 2.08. The molecule has 1 aliphatic carbocycles. The van der Waals surface area contributed by atoms with E-state index in [2.05, 4.69) is 10.4 Å². The highest BCUT2D eigenvalue weighted by atomic mass is 16.4. The molecule has 1 aromatic rings. The average Bonchev–Trinajstić information content (AvgIpc) is 2.73. The molecule has 0 unspecified atom stereocenters. The fraction of sp³-hybridized carbons (Fsp3) is 0.643. The maximum Gasteiger partial charge on any atom is 0.305 e. The van der Waals surface area contributed by atoms with Crippen molar-refractivity contribution in [2.75, 3.05) is 0 Å². The van der Waals surface area contributed by atoms with Gasteiger partial charge in [0.05, 0.1) is 29.3 Å². The van der Waals surface area contributed by atoms with Crippen molar-refractivity contribution in [3.63, 3.8) is 0 Å². The summed E-state index contributed by atoms with van der Waals surface area (Å²) in [5.74, 6) is -1.13. The fourth-order valence-electron chi connectivity index (χ4n) is 2.36. The number of carbonyl (C=O) groups is 2. The van der Waals surface area contributed by atoms with Gasteiger partial charge in [0.1, 0.15) is 0 Å². The Morgan fingerprint density at radius 2 is 2.10 bits per heavy atom. The summed E-state index contributed by atoms with van der Waals surface area (Å²) in [5, 5.41) is 16.0. The minimum Gasteiger partial charge on any atom is -0.481 e. The average molecular weight is 279 g/mol. The number of carboxylic acid groups (broad SMARTS) is 1. The predicted molar refractivity (Wildman–Crippen MR) is 73.5 cm³/mol. The monoisotopic (exact) mass is 279 g/mol. The number of hydrogen-bond acceptors (Lipinski definition) is 3. The van der Waals surface area contributed by atoms with E-state index >= 15 is 0 Å². The Hall–Kier alpha value is -1.85. The van der Waals surface area contributed by atoms with Gasteiger partial charge in [-0.1, -0.05) is 0 Å². The Kier molecular flexibility index (Phi) is 3.58. The number of nitrogens with one attached hydrogen (secondary N) is 1. The second-order valence-electron chi connectivity index (χ2n) is 6.50. The molecule has 0 saturated heterocycles. The highest BCUT2D eigenvalue weighted by Crippen LogP contribution is 2.35. The van der Waals surface area contributed by atoms with Crippen molar-refractivity contribution in [1.82, 2.24) is 15.1 Å². The van der Waals surface area contributed by atoms with Crippen LogP contribution in [0.3, 0.4) is 0 Å². The molecule has 6 nitrogen and oxygen atoms in total. The van der Waals surface area contributed by atoms with Gasteiger partial charge in [0.2, 0.25) is 0 Å². The summed E-state index contributed by atoms with van der Waals surface area (Å²) in [5.41, 5.74) is -0.294. The van der Waals surface area contributed by atoms with Gasteiger partial charge in [-0.25, -0.2) is 0 Å². The lowest BCUT2D eigenvalue weighted by atomic mass is 9.74. The molecule has 1 heterocycles. The van der Waals surface area contributed by atoms with Gasteiger partial charge >= 0.3 is 5.97 Å². The topological polar surface area (TPSA) is 84.2 Å². The maximum absolute atomic E-state index is 12.2. The quantitative estimate of drug-likeness (QED) is 0.879. The van der Waals surface area contributed by atoms with E-state index in [1.807, 2.05) is 20.8 Å². The first-order chi connectivity index (χ1) is 9.22. The van der Waals surface area contributed by atoms with E-state index in [1.54, 1.807) is 10.9 Å². The van der Waals surface area contributed by atoms with Crippen LogP contribution in [0.1, 0.15) is 56.8 Å². The standard InChI is InChI=1S/C14H21N3O3/c1-13(2,3)17-9-10(8-15-17)12(20)16-14(5-4-6-14)7-11(18)19/h8-9H,4-7H2,1-3H3,(H,16,20)(H,18,19). The summed E-state index contributed by atoms with van der Waals surface area (Å²) in [6, 6.07) is 0. The number of aliphatic carboxylic acids is 1. The summed E-state index contributed by atoms with van der Waals surface area (Å²) in [4.78, 5) is 23.1. The first-order valence-corrected chi connectivity index (χ1v) is 6.81. The van der Waals surface area contributed by atoms with Crippen molar-refractivity contribution >= 4 is 11.9 Å².